The normalized spacial score (nSPS) is 24.9. The number of tetrazole rings is 1. The summed E-state index contributed by atoms with van der Waals surface area (Å²) in [5.41, 5.74) is 0. The number of carbonyl (C=O) groups excluding carboxylic acids is 2. The zero-order valence-electron chi connectivity index (χ0n) is 16.2. The first-order chi connectivity index (χ1) is 13.2. The van der Waals surface area contributed by atoms with E-state index in [2.05, 4.69) is 25.9 Å². The Kier molecular flexibility index (Phi) is 7.18. The summed E-state index contributed by atoms with van der Waals surface area (Å²) in [6.45, 7) is 2.26. The summed E-state index contributed by atoms with van der Waals surface area (Å²) >= 11 is 0. The van der Waals surface area contributed by atoms with Crippen LogP contribution < -0.4 is 5.32 Å². The molecule has 1 aromatic heterocycles. The third kappa shape index (κ3) is 5.49. The number of H-pyrrole nitrogens is 1. The first-order valence-corrected chi connectivity index (χ1v) is 10.4. The van der Waals surface area contributed by atoms with Gasteiger partial charge >= 0.3 is 5.97 Å². The molecule has 1 atom stereocenters. The Bertz CT molecular complexity index is 592. The summed E-state index contributed by atoms with van der Waals surface area (Å²) in [7, 11) is 0. The van der Waals surface area contributed by atoms with Crippen LogP contribution in [0.5, 0.6) is 0 Å². The second kappa shape index (κ2) is 9.80. The van der Waals surface area contributed by atoms with E-state index in [4.69, 9.17) is 4.74 Å². The lowest BCUT2D eigenvalue weighted by molar-refractivity contribution is -0.149. The van der Waals surface area contributed by atoms with E-state index in [1.165, 1.54) is 19.3 Å². The number of nitrogens with zero attached hydrogens (tertiary/aromatic N) is 3. The van der Waals surface area contributed by atoms with Crippen molar-refractivity contribution in [2.45, 2.75) is 77.2 Å². The van der Waals surface area contributed by atoms with Gasteiger partial charge in [-0.15, -0.1) is 10.2 Å². The number of aromatic amines is 1. The maximum Gasteiger partial charge on any atom is 0.308 e. The molecule has 1 heterocycles. The van der Waals surface area contributed by atoms with Gasteiger partial charge in [0, 0.05) is 6.42 Å². The van der Waals surface area contributed by atoms with E-state index in [1.807, 2.05) is 6.92 Å². The fraction of sp³-hybridized carbons (Fsp3) is 0.842. The van der Waals surface area contributed by atoms with Crippen molar-refractivity contribution in [2.75, 3.05) is 6.61 Å². The average molecular weight is 377 g/mol. The highest BCUT2D eigenvalue weighted by molar-refractivity contribution is 5.77. The first-order valence-electron chi connectivity index (χ1n) is 10.4. The fourth-order valence-electron chi connectivity index (χ4n) is 4.52. The molecule has 0 aromatic carbocycles. The largest absolute Gasteiger partial charge is 0.466 e. The van der Waals surface area contributed by atoms with Crippen LogP contribution in [0.25, 0.3) is 0 Å². The molecular weight excluding hydrogens is 346 g/mol. The number of amides is 1. The van der Waals surface area contributed by atoms with Gasteiger partial charge in [0.1, 0.15) is 0 Å². The molecule has 0 radical (unpaired) electrons. The Labute approximate surface area is 160 Å². The predicted molar refractivity (Wildman–Crippen MR) is 98.3 cm³/mol. The van der Waals surface area contributed by atoms with Crippen LogP contribution in [-0.4, -0.2) is 39.1 Å². The summed E-state index contributed by atoms with van der Waals surface area (Å²) in [6.07, 6.45) is 9.72. The maximum absolute atomic E-state index is 12.7. The number of rotatable bonds is 7. The molecule has 0 bridgehead atoms. The van der Waals surface area contributed by atoms with E-state index in [0.29, 0.717) is 30.7 Å². The molecule has 0 saturated heterocycles. The third-order valence-electron chi connectivity index (χ3n) is 6.02. The second-order valence-corrected chi connectivity index (χ2v) is 7.89. The van der Waals surface area contributed by atoms with Crippen LogP contribution in [0.3, 0.4) is 0 Å². The lowest BCUT2D eigenvalue weighted by atomic mass is 9.80. The van der Waals surface area contributed by atoms with Crippen LogP contribution in [0.2, 0.25) is 0 Å². The van der Waals surface area contributed by atoms with Crippen molar-refractivity contribution < 1.29 is 14.3 Å². The summed E-state index contributed by atoms with van der Waals surface area (Å²) in [6, 6.07) is -0.160. The molecule has 3 rings (SSSR count). The minimum Gasteiger partial charge on any atom is -0.466 e. The Hall–Kier alpha value is -1.99. The Morgan fingerprint density at radius 1 is 1.15 bits per heavy atom. The molecule has 1 amide bonds. The number of hydrogen-bond donors (Lipinski definition) is 2. The molecule has 1 unspecified atom stereocenters. The molecule has 1 aromatic rings. The van der Waals surface area contributed by atoms with Crippen LogP contribution in [-0.2, 0) is 14.3 Å². The van der Waals surface area contributed by atoms with Crippen molar-refractivity contribution >= 4 is 11.9 Å². The first kappa shape index (κ1) is 19.8. The summed E-state index contributed by atoms with van der Waals surface area (Å²) in [4.78, 5) is 24.5. The highest BCUT2D eigenvalue weighted by atomic mass is 16.5. The van der Waals surface area contributed by atoms with Crippen LogP contribution in [0, 0.1) is 17.8 Å². The summed E-state index contributed by atoms with van der Waals surface area (Å²) in [5, 5.41) is 17.6. The molecule has 150 valence electrons. The smallest absolute Gasteiger partial charge is 0.308 e. The van der Waals surface area contributed by atoms with E-state index >= 15 is 0 Å². The van der Waals surface area contributed by atoms with Gasteiger partial charge in [-0.05, 0) is 57.3 Å². The number of carbonyl (C=O) groups is 2. The summed E-state index contributed by atoms with van der Waals surface area (Å²) in [5.74, 6) is 1.25. The van der Waals surface area contributed by atoms with Crippen molar-refractivity contribution in [3.05, 3.63) is 5.82 Å². The van der Waals surface area contributed by atoms with Crippen LogP contribution in [0.1, 0.15) is 83.0 Å². The van der Waals surface area contributed by atoms with Gasteiger partial charge in [-0.2, -0.15) is 5.21 Å². The monoisotopic (exact) mass is 377 g/mol. The number of esters is 1. The summed E-state index contributed by atoms with van der Waals surface area (Å²) < 4.78 is 5.12. The van der Waals surface area contributed by atoms with Gasteiger partial charge in [-0.3, -0.25) is 9.59 Å². The minimum absolute atomic E-state index is 0.00132. The Balaban J connectivity index is 1.50. The Morgan fingerprint density at radius 3 is 2.52 bits per heavy atom. The molecule has 2 aliphatic carbocycles. The molecule has 2 aliphatic rings. The standard InChI is InChI=1S/C19H31N5O3/c1-2-27-19(26)15-10-8-13(9-11-15)12-16(25)20-17(18-21-23-24-22-18)14-6-4-3-5-7-14/h13-15,17H,2-12H2,1H3,(H,20,25)(H,21,22,23,24). The quantitative estimate of drug-likeness (QED) is 0.707. The molecule has 2 fully saturated rings. The highest BCUT2D eigenvalue weighted by Gasteiger charge is 2.32. The molecule has 8 heteroatoms. The van der Waals surface area contributed by atoms with Crippen molar-refractivity contribution in [1.29, 1.82) is 0 Å². The lowest BCUT2D eigenvalue weighted by Gasteiger charge is -2.30. The van der Waals surface area contributed by atoms with Gasteiger partial charge in [0.25, 0.3) is 0 Å². The highest BCUT2D eigenvalue weighted by Crippen LogP contribution is 2.34. The van der Waals surface area contributed by atoms with Crippen LogP contribution >= 0.6 is 0 Å². The zero-order chi connectivity index (χ0) is 19.1. The SMILES string of the molecule is CCOC(=O)C1CCC(CC(=O)NC(c2nn[nH]n2)C2CCCCC2)CC1. The molecule has 2 N–H and O–H groups in total. The van der Waals surface area contributed by atoms with E-state index in [0.717, 1.165) is 38.5 Å². The van der Waals surface area contributed by atoms with Crippen molar-refractivity contribution in [1.82, 2.24) is 25.9 Å². The van der Waals surface area contributed by atoms with Gasteiger partial charge in [0.05, 0.1) is 18.6 Å². The lowest BCUT2D eigenvalue weighted by Crippen LogP contribution is -2.36. The van der Waals surface area contributed by atoms with Crippen molar-refractivity contribution in [3.63, 3.8) is 0 Å². The Morgan fingerprint density at radius 2 is 1.89 bits per heavy atom. The van der Waals surface area contributed by atoms with E-state index < -0.39 is 0 Å². The number of hydrogen-bond acceptors (Lipinski definition) is 6. The number of aromatic nitrogens is 4. The number of ether oxygens (including phenoxy) is 1. The van der Waals surface area contributed by atoms with E-state index in [-0.39, 0.29) is 23.8 Å². The molecule has 2 saturated carbocycles. The van der Waals surface area contributed by atoms with Crippen LogP contribution in [0.15, 0.2) is 0 Å². The molecule has 0 spiro atoms. The van der Waals surface area contributed by atoms with Crippen molar-refractivity contribution in [3.8, 4) is 0 Å². The number of nitrogens with one attached hydrogen (secondary N) is 2. The predicted octanol–water partition coefficient (Wildman–Crippen LogP) is 2.70. The molecule has 0 aliphatic heterocycles. The fourth-order valence-corrected chi connectivity index (χ4v) is 4.52. The second-order valence-electron chi connectivity index (χ2n) is 7.89. The van der Waals surface area contributed by atoms with E-state index in [9.17, 15) is 9.59 Å². The maximum atomic E-state index is 12.7. The van der Waals surface area contributed by atoms with Gasteiger partial charge in [-0.1, -0.05) is 24.5 Å². The van der Waals surface area contributed by atoms with Gasteiger partial charge < -0.3 is 10.1 Å². The third-order valence-corrected chi connectivity index (χ3v) is 6.02. The van der Waals surface area contributed by atoms with Gasteiger partial charge in [0.2, 0.25) is 5.91 Å². The molecule has 27 heavy (non-hydrogen) atoms. The zero-order valence-corrected chi connectivity index (χ0v) is 16.2. The molecular formula is C19H31N5O3. The van der Waals surface area contributed by atoms with Gasteiger partial charge in [-0.25, -0.2) is 0 Å². The molecule has 8 nitrogen and oxygen atoms in total. The van der Waals surface area contributed by atoms with Crippen LogP contribution in [0.4, 0.5) is 0 Å². The average Bonchev–Trinajstić information content (AvgIpc) is 3.22. The van der Waals surface area contributed by atoms with Crippen molar-refractivity contribution in [2.24, 2.45) is 17.8 Å². The minimum atomic E-state index is -0.160. The van der Waals surface area contributed by atoms with Gasteiger partial charge in [0.15, 0.2) is 5.82 Å². The topological polar surface area (TPSA) is 110 Å². The van der Waals surface area contributed by atoms with E-state index in [1.54, 1.807) is 0 Å².